The third-order valence-corrected chi connectivity index (χ3v) is 7.72. The Labute approximate surface area is 182 Å². The van der Waals surface area contributed by atoms with Crippen molar-refractivity contribution in [3.8, 4) is 0 Å². The van der Waals surface area contributed by atoms with E-state index in [1.165, 1.54) is 18.6 Å². The van der Waals surface area contributed by atoms with Gasteiger partial charge in [0.05, 0.1) is 9.82 Å². The van der Waals surface area contributed by atoms with Crippen LogP contribution in [0.25, 0.3) is 0 Å². The van der Waals surface area contributed by atoms with Gasteiger partial charge in [0.2, 0.25) is 0 Å². The molecule has 0 N–H and O–H groups in total. The van der Waals surface area contributed by atoms with Gasteiger partial charge in [0.25, 0.3) is 11.6 Å². The molecule has 2 aromatic carbocycles. The average molecular weight is 443 g/mol. The summed E-state index contributed by atoms with van der Waals surface area (Å²) in [6, 6.07) is 11.2. The van der Waals surface area contributed by atoms with Crippen LogP contribution in [-0.2, 0) is 16.3 Å². The molecule has 2 bridgehead atoms. The van der Waals surface area contributed by atoms with Crippen LogP contribution in [0, 0.1) is 22.0 Å². The zero-order chi connectivity index (χ0) is 22.3. The lowest BCUT2D eigenvalue weighted by atomic mass is 9.92. The Hall–Kier alpha value is -2.74. The first kappa shape index (κ1) is 21.5. The third kappa shape index (κ3) is 4.21. The summed E-state index contributed by atoms with van der Waals surface area (Å²) in [6.45, 7) is 2.04. The van der Waals surface area contributed by atoms with E-state index in [1.807, 2.05) is 31.2 Å². The van der Waals surface area contributed by atoms with E-state index in [1.54, 1.807) is 4.90 Å². The minimum Gasteiger partial charge on any atom is -0.305 e. The zero-order valence-electron chi connectivity index (χ0n) is 17.7. The first-order valence-corrected chi connectivity index (χ1v) is 12.5. The van der Waals surface area contributed by atoms with Crippen molar-refractivity contribution in [1.29, 1.82) is 0 Å². The predicted octanol–water partition coefficient (Wildman–Crippen LogP) is 4.40. The van der Waals surface area contributed by atoms with Crippen molar-refractivity contribution in [3.63, 3.8) is 0 Å². The number of rotatable bonds is 6. The molecular weight excluding hydrogens is 416 g/mol. The molecule has 4 rings (SSSR count). The van der Waals surface area contributed by atoms with Crippen LogP contribution in [0.5, 0.6) is 0 Å². The number of fused-ring (bicyclic) bond motifs is 2. The van der Waals surface area contributed by atoms with Gasteiger partial charge in [-0.1, -0.05) is 25.5 Å². The third-order valence-electron chi connectivity index (χ3n) is 6.63. The SMILES string of the molecule is CCc1cccc(N(C(=O)c2cc([N+](=O)[O-])cc(S(C)(=O)=O)c2)[C@@H]2C[C@H]3CC[C@H]2C3)c1. The van der Waals surface area contributed by atoms with Gasteiger partial charge in [-0.25, -0.2) is 8.42 Å². The maximum absolute atomic E-state index is 13.8. The Balaban J connectivity index is 1.83. The van der Waals surface area contributed by atoms with Crippen molar-refractivity contribution in [1.82, 2.24) is 0 Å². The first-order valence-electron chi connectivity index (χ1n) is 10.6. The van der Waals surface area contributed by atoms with E-state index in [-0.39, 0.29) is 22.4 Å². The Bertz CT molecular complexity index is 1140. The highest BCUT2D eigenvalue weighted by Gasteiger charge is 2.44. The highest BCUT2D eigenvalue weighted by molar-refractivity contribution is 7.90. The number of anilines is 1. The van der Waals surface area contributed by atoms with Gasteiger partial charge in [-0.2, -0.15) is 0 Å². The normalized spacial score (nSPS) is 22.5. The number of aryl methyl sites for hydroxylation is 1. The van der Waals surface area contributed by atoms with Gasteiger partial charge in [-0.15, -0.1) is 0 Å². The highest BCUT2D eigenvalue weighted by Crippen LogP contribution is 2.48. The molecule has 0 unspecified atom stereocenters. The van der Waals surface area contributed by atoms with Crippen LogP contribution in [0.1, 0.15) is 48.5 Å². The Morgan fingerprint density at radius 1 is 1.16 bits per heavy atom. The summed E-state index contributed by atoms with van der Waals surface area (Å²) < 4.78 is 24.2. The monoisotopic (exact) mass is 442 g/mol. The van der Waals surface area contributed by atoms with Gasteiger partial charge in [0.1, 0.15) is 0 Å². The number of hydrogen-bond donors (Lipinski definition) is 0. The van der Waals surface area contributed by atoms with Crippen molar-refractivity contribution in [2.45, 2.75) is 50.0 Å². The average Bonchev–Trinajstić information content (AvgIpc) is 3.36. The van der Waals surface area contributed by atoms with Crippen LogP contribution in [0.4, 0.5) is 11.4 Å². The topological polar surface area (TPSA) is 97.6 Å². The second kappa shape index (κ2) is 8.07. The van der Waals surface area contributed by atoms with Gasteiger partial charge in [-0.05, 0) is 61.3 Å². The molecule has 7 nitrogen and oxygen atoms in total. The van der Waals surface area contributed by atoms with Crippen molar-refractivity contribution >= 4 is 27.1 Å². The minimum absolute atomic E-state index is 0.0132. The summed E-state index contributed by atoms with van der Waals surface area (Å²) in [4.78, 5) is 26.1. The number of nitro groups is 1. The molecule has 0 heterocycles. The number of hydrogen-bond acceptors (Lipinski definition) is 5. The lowest BCUT2D eigenvalue weighted by Crippen LogP contribution is -2.43. The second-order valence-electron chi connectivity index (χ2n) is 8.69. The van der Waals surface area contributed by atoms with Crippen LogP contribution in [-0.4, -0.2) is 31.5 Å². The smallest absolute Gasteiger partial charge is 0.271 e. The van der Waals surface area contributed by atoms with E-state index in [0.29, 0.717) is 11.8 Å². The van der Waals surface area contributed by atoms with Gasteiger partial charge < -0.3 is 4.90 Å². The zero-order valence-corrected chi connectivity index (χ0v) is 18.5. The van der Waals surface area contributed by atoms with Crippen LogP contribution in [0.3, 0.4) is 0 Å². The first-order chi connectivity index (χ1) is 14.7. The number of benzene rings is 2. The van der Waals surface area contributed by atoms with E-state index in [9.17, 15) is 23.3 Å². The van der Waals surface area contributed by atoms with Crippen molar-refractivity contribution < 1.29 is 18.1 Å². The fraction of sp³-hybridized carbons (Fsp3) is 0.435. The molecule has 3 atom stereocenters. The van der Waals surface area contributed by atoms with Crippen LogP contribution < -0.4 is 4.90 Å². The summed E-state index contributed by atoms with van der Waals surface area (Å²) in [5.74, 6) is 0.600. The molecule has 2 aromatic rings. The van der Waals surface area contributed by atoms with E-state index in [2.05, 4.69) is 0 Å². The molecule has 0 spiro atoms. The summed E-state index contributed by atoms with van der Waals surface area (Å²) in [5.41, 5.74) is 1.48. The van der Waals surface area contributed by atoms with Gasteiger partial charge in [-0.3, -0.25) is 14.9 Å². The van der Waals surface area contributed by atoms with Crippen molar-refractivity contribution in [2.75, 3.05) is 11.2 Å². The molecule has 2 saturated carbocycles. The molecule has 0 saturated heterocycles. The Morgan fingerprint density at radius 2 is 1.94 bits per heavy atom. The fourth-order valence-electron chi connectivity index (χ4n) is 5.08. The number of nitrogens with zero attached hydrogens (tertiary/aromatic N) is 2. The molecule has 31 heavy (non-hydrogen) atoms. The molecule has 0 aromatic heterocycles. The summed E-state index contributed by atoms with van der Waals surface area (Å²) >= 11 is 0. The molecule has 1 amide bonds. The molecular formula is C23H26N2O5S. The van der Waals surface area contributed by atoms with Gasteiger partial charge in [0, 0.05) is 35.7 Å². The predicted molar refractivity (Wildman–Crippen MR) is 118 cm³/mol. The van der Waals surface area contributed by atoms with Crippen LogP contribution in [0.2, 0.25) is 0 Å². The highest BCUT2D eigenvalue weighted by atomic mass is 32.2. The molecule has 2 aliphatic carbocycles. The number of nitro benzene ring substituents is 1. The van der Waals surface area contributed by atoms with E-state index in [0.717, 1.165) is 49.3 Å². The largest absolute Gasteiger partial charge is 0.305 e. The number of non-ortho nitro benzene ring substituents is 1. The maximum atomic E-state index is 13.8. The molecule has 0 aliphatic heterocycles. The molecule has 2 aliphatic rings. The van der Waals surface area contributed by atoms with E-state index < -0.39 is 20.4 Å². The quantitative estimate of drug-likeness (QED) is 0.488. The van der Waals surface area contributed by atoms with Gasteiger partial charge >= 0.3 is 0 Å². The van der Waals surface area contributed by atoms with Crippen LogP contribution >= 0.6 is 0 Å². The number of amides is 1. The summed E-state index contributed by atoms with van der Waals surface area (Å²) in [5, 5.41) is 11.4. The Morgan fingerprint density at radius 3 is 2.52 bits per heavy atom. The molecule has 0 radical (unpaired) electrons. The minimum atomic E-state index is -3.72. The molecule has 8 heteroatoms. The maximum Gasteiger partial charge on any atom is 0.271 e. The second-order valence-corrected chi connectivity index (χ2v) is 10.7. The van der Waals surface area contributed by atoms with Crippen molar-refractivity contribution in [3.05, 3.63) is 63.7 Å². The summed E-state index contributed by atoms with van der Waals surface area (Å²) in [6.07, 6.45) is 6.04. The number of carbonyl (C=O) groups is 1. The molecule has 2 fully saturated rings. The number of carbonyl (C=O) groups excluding carboxylic acids is 1. The molecule has 164 valence electrons. The van der Waals surface area contributed by atoms with E-state index >= 15 is 0 Å². The lowest BCUT2D eigenvalue weighted by molar-refractivity contribution is -0.385. The lowest BCUT2D eigenvalue weighted by Gasteiger charge is -2.35. The van der Waals surface area contributed by atoms with Gasteiger partial charge in [0.15, 0.2) is 9.84 Å². The fourth-order valence-corrected chi connectivity index (χ4v) is 5.75. The van der Waals surface area contributed by atoms with E-state index in [4.69, 9.17) is 0 Å². The standard InChI is InChI=1S/C23H26N2O5S/c1-3-15-5-4-6-19(10-15)24(22-11-16-7-8-17(22)9-16)23(26)18-12-20(25(27)28)14-21(13-18)31(2,29)30/h4-6,10,12-14,16-17,22H,3,7-9,11H2,1-2H3/t16-,17-,22+/m0/s1. The Kier molecular flexibility index (Phi) is 5.60. The number of sulfone groups is 1. The summed E-state index contributed by atoms with van der Waals surface area (Å²) in [7, 11) is -3.72. The van der Waals surface area contributed by atoms with Crippen molar-refractivity contribution in [2.24, 2.45) is 11.8 Å². The van der Waals surface area contributed by atoms with Crippen LogP contribution in [0.15, 0.2) is 47.4 Å².